The van der Waals surface area contributed by atoms with Crippen molar-refractivity contribution >= 4 is 108 Å². The Kier molecular flexibility index (Phi) is 13.5. The first-order valence-corrected chi connectivity index (χ1v) is 36.1. The van der Waals surface area contributed by atoms with Gasteiger partial charge in [-0.1, -0.05) is 291 Å². The van der Waals surface area contributed by atoms with Gasteiger partial charge in [0.2, 0.25) is 0 Å². The van der Waals surface area contributed by atoms with Gasteiger partial charge in [-0.2, -0.15) is 0 Å². The minimum Gasteiger partial charge on any atom is -0.310 e. The van der Waals surface area contributed by atoms with Gasteiger partial charge in [0.1, 0.15) is 0 Å². The maximum atomic E-state index is 2.51. The molecular formula is C96H62N2S2. The van der Waals surface area contributed by atoms with Crippen molar-refractivity contribution in [3.05, 3.63) is 421 Å². The number of fused-ring (bicyclic) bond motifs is 15. The third kappa shape index (κ3) is 8.74. The van der Waals surface area contributed by atoms with Crippen LogP contribution in [0.4, 0.5) is 34.1 Å². The second-order valence-corrected chi connectivity index (χ2v) is 28.7. The molecule has 0 atom stereocenters. The largest absolute Gasteiger partial charge is 0.310 e. The quantitative estimate of drug-likeness (QED) is 0.120. The number of rotatable bonds is 12. The van der Waals surface area contributed by atoms with Crippen molar-refractivity contribution in [1.29, 1.82) is 0 Å². The molecule has 0 bridgehead atoms. The molecular weight excluding hydrogens is 1250 g/mol. The van der Waals surface area contributed by atoms with Gasteiger partial charge in [0.25, 0.3) is 0 Å². The Morgan fingerprint density at radius 2 is 0.480 bits per heavy atom. The predicted octanol–water partition coefficient (Wildman–Crippen LogP) is 26.6. The van der Waals surface area contributed by atoms with Crippen LogP contribution < -0.4 is 9.80 Å². The summed E-state index contributed by atoms with van der Waals surface area (Å²) in [6.45, 7) is 0. The van der Waals surface area contributed by atoms with Gasteiger partial charge in [0.05, 0.1) is 10.8 Å². The molecule has 0 spiro atoms. The number of thiophene rings is 2. The Morgan fingerprint density at radius 1 is 0.190 bits per heavy atom. The van der Waals surface area contributed by atoms with Crippen LogP contribution >= 0.6 is 22.7 Å². The van der Waals surface area contributed by atoms with E-state index in [4.69, 9.17) is 0 Å². The Balaban J connectivity index is 0.784. The van der Waals surface area contributed by atoms with Crippen LogP contribution in [0.1, 0.15) is 44.5 Å². The second-order valence-electron chi connectivity index (χ2n) is 26.5. The summed E-state index contributed by atoms with van der Waals surface area (Å²) in [6.07, 6.45) is 0. The molecule has 2 heterocycles. The van der Waals surface area contributed by atoms with Crippen molar-refractivity contribution in [2.45, 2.75) is 10.8 Å². The molecule has 16 aromatic carbocycles. The van der Waals surface area contributed by atoms with Gasteiger partial charge in [-0.25, -0.2) is 0 Å². The van der Waals surface area contributed by atoms with Gasteiger partial charge < -0.3 is 9.80 Å². The van der Waals surface area contributed by atoms with E-state index in [2.05, 4.69) is 386 Å². The number of hydrogen-bond donors (Lipinski definition) is 0. The number of anilines is 6. The molecule has 20 rings (SSSR count). The zero-order valence-electron chi connectivity index (χ0n) is 54.5. The molecule has 0 unspecified atom stereocenters. The molecule has 100 heavy (non-hydrogen) atoms. The number of nitrogens with zero attached hydrogens (tertiary/aromatic N) is 2. The molecule has 0 fully saturated rings. The summed E-state index contributed by atoms with van der Waals surface area (Å²) < 4.78 is 4.98. The zero-order valence-corrected chi connectivity index (χ0v) is 56.1. The Bertz CT molecular complexity index is 5750. The van der Waals surface area contributed by atoms with Crippen molar-refractivity contribution < 1.29 is 0 Å². The van der Waals surface area contributed by atoms with Gasteiger partial charge in [-0.3, -0.25) is 0 Å². The standard InChI is InChI=1S/C96H62N2S2/c1-7-29-63(30-8-1)81-61-89-92(80-56-54-74(60-88(80)99-89)98(70-41-17-6-18-42-70)72-44-28-38-68(58-72)96(66-35-13-4-14-36-66)85-51-25-21-47-77(85)78-48-22-26-52-86(78)96)94-82(64-31-9-2-10-32-64)62-90-91(93(81)94)79-55-53-73(59-87(79)100-90)97(69-39-15-5-16-40-69)71-43-27-37-67(57-71)95(65-33-11-3-12-34-65)83-49-23-19-45-75(83)76-46-20-24-50-84(76)95/h1-62H. The molecule has 18 aromatic rings. The molecule has 0 saturated carbocycles. The molecule has 468 valence electrons. The topological polar surface area (TPSA) is 6.48 Å². The summed E-state index contributed by atoms with van der Waals surface area (Å²) in [5, 5.41) is 7.61. The summed E-state index contributed by atoms with van der Waals surface area (Å²) in [5.41, 5.74) is 25.6. The first-order valence-electron chi connectivity index (χ1n) is 34.5. The zero-order chi connectivity index (χ0) is 65.9. The van der Waals surface area contributed by atoms with Crippen molar-refractivity contribution in [3.63, 3.8) is 0 Å². The van der Waals surface area contributed by atoms with Gasteiger partial charge in [0, 0.05) is 85.2 Å². The molecule has 0 aliphatic heterocycles. The van der Waals surface area contributed by atoms with Crippen LogP contribution in [0.5, 0.6) is 0 Å². The molecule has 0 saturated heterocycles. The maximum absolute atomic E-state index is 2.51. The molecule has 2 aliphatic rings. The first-order chi connectivity index (χ1) is 49.6. The molecule has 2 nitrogen and oxygen atoms in total. The van der Waals surface area contributed by atoms with Gasteiger partial charge in [-0.15, -0.1) is 22.7 Å². The van der Waals surface area contributed by atoms with Crippen LogP contribution in [0, 0.1) is 0 Å². The fourth-order valence-electron chi connectivity index (χ4n) is 17.3. The fraction of sp³-hybridized carbons (Fsp3) is 0.0208. The summed E-state index contributed by atoms with van der Waals surface area (Å²) in [6, 6.07) is 141. The third-order valence-corrected chi connectivity index (χ3v) is 23.5. The van der Waals surface area contributed by atoms with Crippen molar-refractivity contribution in [3.8, 4) is 44.5 Å². The molecule has 0 radical (unpaired) electrons. The normalized spacial score (nSPS) is 13.2. The Morgan fingerprint density at radius 3 is 0.840 bits per heavy atom. The summed E-state index contributed by atoms with van der Waals surface area (Å²) in [5.74, 6) is 0. The van der Waals surface area contributed by atoms with E-state index < -0.39 is 10.8 Å². The minimum atomic E-state index is -0.544. The predicted molar refractivity (Wildman–Crippen MR) is 425 cm³/mol. The lowest BCUT2D eigenvalue weighted by Crippen LogP contribution is -2.28. The average Bonchev–Trinajstić information content (AvgIpc) is 1.53. The maximum Gasteiger partial charge on any atom is 0.0714 e. The SMILES string of the molecule is c1ccc(-c2cc3sc4cc(N(c5ccccc5)c5cccc(C6(c7ccccc7)c7ccccc7-c7ccccc76)c5)ccc4c3c3c(-c4ccccc4)cc4sc5cc(N(c6ccccc6)c6cccc(C7(c8ccccc8)c8ccccc8-c8ccccc87)c6)ccc5c4c23)cc1. The van der Waals surface area contributed by atoms with Gasteiger partial charge in [-0.05, 0) is 174 Å². The van der Waals surface area contributed by atoms with E-state index in [0.717, 1.165) is 34.1 Å². The highest BCUT2D eigenvalue weighted by Gasteiger charge is 2.48. The lowest BCUT2D eigenvalue weighted by Gasteiger charge is -2.35. The van der Waals surface area contributed by atoms with Crippen LogP contribution in [-0.2, 0) is 10.8 Å². The lowest BCUT2D eigenvalue weighted by molar-refractivity contribution is 0.768. The molecule has 0 N–H and O–H groups in total. The van der Waals surface area contributed by atoms with Crippen LogP contribution in [-0.4, -0.2) is 0 Å². The molecule has 4 heteroatoms. The van der Waals surface area contributed by atoms with E-state index in [1.807, 2.05) is 22.7 Å². The van der Waals surface area contributed by atoms with E-state index in [0.29, 0.717) is 0 Å². The summed E-state index contributed by atoms with van der Waals surface area (Å²) >= 11 is 3.80. The van der Waals surface area contributed by atoms with Crippen LogP contribution in [0.3, 0.4) is 0 Å². The van der Waals surface area contributed by atoms with Gasteiger partial charge >= 0.3 is 0 Å². The van der Waals surface area contributed by atoms with Crippen LogP contribution in [0.2, 0.25) is 0 Å². The highest BCUT2D eigenvalue weighted by atomic mass is 32.1. The number of para-hydroxylation sites is 2. The van der Waals surface area contributed by atoms with Crippen LogP contribution in [0.15, 0.2) is 376 Å². The van der Waals surface area contributed by atoms with Crippen molar-refractivity contribution in [2.24, 2.45) is 0 Å². The smallest absolute Gasteiger partial charge is 0.0714 e. The van der Waals surface area contributed by atoms with E-state index in [1.165, 1.54) is 140 Å². The minimum absolute atomic E-state index is 0.544. The second kappa shape index (κ2) is 23.3. The summed E-state index contributed by atoms with van der Waals surface area (Å²) in [4.78, 5) is 4.92. The molecule has 2 aliphatic carbocycles. The number of benzene rings is 16. The number of hydrogen-bond acceptors (Lipinski definition) is 4. The Labute approximate surface area is 589 Å². The first kappa shape index (κ1) is 58.0. The molecule has 2 aromatic heterocycles. The lowest BCUT2D eigenvalue weighted by atomic mass is 9.67. The van der Waals surface area contributed by atoms with E-state index in [1.54, 1.807) is 0 Å². The highest BCUT2D eigenvalue weighted by Crippen LogP contribution is 2.60. The monoisotopic (exact) mass is 1310 g/mol. The third-order valence-electron chi connectivity index (χ3n) is 21.3. The summed E-state index contributed by atoms with van der Waals surface area (Å²) in [7, 11) is 0. The van der Waals surface area contributed by atoms with Crippen LogP contribution in [0.25, 0.3) is 95.6 Å². The van der Waals surface area contributed by atoms with E-state index in [9.17, 15) is 0 Å². The van der Waals surface area contributed by atoms with Crippen molar-refractivity contribution in [2.75, 3.05) is 9.80 Å². The van der Waals surface area contributed by atoms with E-state index in [-0.39, 0.29) is 0 Å². The van der Waals surface area contributed by atoms with E-state index >= 15 is 0 Å². The molecule has 0 amide bonds. The van der Waals surface area contributed by atoms with Gasteiger partial charge in [0.15, 0.2) is 0 Å². The Hall–Kier alpha value is -12.2. The highest BCUT2D eigenvalue weighted by molar-refractivity contribution is 7.26. The van der Waals surface area contributed by atoms with Crippen molar-refractivity contribution in [1.82, 2.24) is 0 Å². The fourth-order valence-corrected chi connectivity index (χ4v) is 19.7. The average molecular weight is 1310 g/mol.